The number of aliphatic hydroxyl groups is 1. The summed E-state index contributed by atoms with van der Waals surface area (Å²) in [5.41, 5.74) is 0.108. The smallest absolute Gasteiger partial charge is 0.120 e. The van der Waals surface area contributed by atoms with Gasteiger partial charge in [-0.2, -0.15) is 0 Å². The highest BCUT2D eigenvalue weighted by atomic mass is 35.5. The van der Waals surface area contributed by atoms with Gasteiger partial charge in [-0.25, -0.2) is 0 Å². The normalized spacial score (nSPS) is 17.3. The average Bonchev–Trinajstić information content (AvgIpc) is 3.18. The van der Waals surface area contributed by atoms with Crippen LogP contribution in [0.15, 0.2) is 24.3 Å². The summed E-state index contributed by atoms with van der Waals surface area (Å²) in [5, 5.41) is 14.0. The van der Waals surface area contributed by atoms with Crippen molar-refractivity contribution >= 4 is 11.6 Å². The maximum atomic E-state index is 9.92. The molecule has 0 saturated heterocycles. The lowest BCUT2D eigenvalue weighted by atomic mass is 9.98. The summed E-state index contributed by atoms with van der Waals surface area (Å²) in [6.45, 7) is 5.20. The second kappa shape index (κ2) is 6.12. The van der Waals surface area contributed by atoms with E-state index < -0.39 is 6.10 Å². The Hall–Kier alpha value is -0.770. The molecule has 0 spiro atoms. The third kappa shape index (κ3) is 4.68. The van der Waals surface area contributed by atoms with E-state index in [0.717, 1.165) is 5.92 Å². The first-order chi connectivity index (χ1) is 8.97. The summed E-state index contributed by atoms with van der Waals surface area (Å²) in [5.74, 6) is 1.43. The van der Waals surface area contributed by atoms with Crippen LogP contribution in [0.4, 0.5) is 0 Å². The minimum atomic E-state index is -0.517. The zero-order valence-corrected chi connectivity index (χ0v) is 12.3. The van der Waals surface area contributed by atoms with Crippen molar-refractivity contribution in [1.82, 2.24) is 5.32 Å². The van der Waals surface area contributed by atoms with Gasteiger partial charge in [-0.1, -0.05) is 17.7 Å². The van der Waals surface area contributed by atoms with E-state index in [1.807, 2.05) is 12.1 Å². The predicted octanol–water partition coefficient (Wildman–Crippen LogP) is 2.86. The molecule has 1 aliphatic carbocycles. The number of ether oxygens (including phenoxy) is 1. The van der Waals surface area contributed by atoms with Crippen molar-refractivity contribution < 1.29 is 9.84 Å². The molecule has 1 saturated carbocycles. The first-order valence-electron chi connectivity index (χ1n) is 6.79. The van der Waals surface area contributed by atoms with Crippen LogP contribution in [0.3, 0.4) is 0 Å². The van der Waals surface area contributed by atoms with Gasteiger partial charge in [0.15, 0.2) is 0 Å². The lowest BCUT2D eigenvalue weighted by Gasteiger charge is -2.27. The van der Waals surface area contributed by atoms with Crippen LogP contribution in [-0.4, -0.2) is 29.9 Å². The van der Waals surface area contributed by atoms with Crippen molar-refractivity contribution in [3.05, 3.63) is 29.3 Å². The fourth-order valence-electron chi connectivity index (χ4n) is 2.14. The molecule has 1 aromatic rings. The average molecular weight is 284 g/mol. The number of nitrogens with one attached hydrogen (secondary N) is 1. The Bertz CT molecular complexity index is 418. The van der Waals surface area contributed by atoms with E-state index in [1.165, 1.54) is 12.8 Å². The molecule has 1 aromatic carbocycles. The minimum absolute atomic E-state index is 0.108. The van der Waals surface area contributed by atoms with Gasteiger partial charge < -0.3 is 15.2 Å². The molecule has 0 radical (unpaired) electrons. The lowest BCUT2D eigenvalue weighted by Crippen LogP contribution is -2.46. The monoisotopic (exact) mass is 283 g/mol. The number of rotatable bonds is 7. The van der Waals surface area contributed by atoms with Crippen LogP contribution in [0.1, 0.15) is 26.7 Å². The summed E-state index contributed by atoms with van der Waals surface area (Å²) >= 11 is 5.87. The molecular weight excluding hydrogens is 262 g/mol. The molecule has 0 aromatic heterocycles. The Labute approximate surface area is 119 Å². The van der Waals surface area contributed by atoms with Crippen molar-refractivity contribution in [3.63, 3.8) is 0 Å². The van der Waals surface area contributed by atoms with E-state index in [9.17, 15) is 5.11 Å². The summed E-state index contributed by atoms with van der Waals surface area (Å²) in [4.78, 5) is 0. The third-order valence-corrected chi connectivity index (χ3v) is 3.86. The molecule has 3 nitrogen and oxygen atoms in total. The van der Waals surface area contributed by atoms with Crippen LogP contribution < -0.4 is 10.1 Å². The fourth-order valence-corrected chi connectivity index (χ4v) is 2.32. The lowest BCUT2D eigenvalue weighted by molar-refractivity contribution is 0.0971. The van der Waals surface area contributed by atoms with Gasteiger partial charge in [0.05, 0.1) is 0 Å². The Balaban J connectivity index is 1.71. The van der Waals surface area contributed by atoms with Gasteiger partial charge >= 0.3 is 0 Å². The van der Waals surface area contributed by atoms with E-state index in [-0.39, 0.29) is 12.1 Å². The van der Waals surface area contributed by atoms with E-state index >= 15 is 0 Å². The van der Waals surface area contributed by atoms with Gasteiger partial charge in [0.25, 0.3) is 0 Å². The molecule has 4 heteroatoms. The van der Waals surface area contributed by atoms with Gasteiger partial charge in [0.1, 0.15) is 18.5 Å². The van der Waals surface area contributed by atoms with Gasteiger partial charge in [0.2, 0.25) is 0 Å². The Morgan fingerprint density at radius 3 is 2.84 bits per heavy atom. The topological polar surface area (TPSA) is 41.5 Å². The molecule has 106 valence electrons. The number of hydrogen-bond donors (Lipinski definition) is 2. The zero-order valence-electron chi connectivity index (χ0n) is 11.5. The zero-order chi connectivity index (χ0) is 13.9. The van der Waals surface area contributed by atoms with Crippen LogP contribution in [0.5, 0.6) is 5.75 Å². The second-order valence-corrected chi connectivity index (χ2v) is 6.24. The van der Waals surface area contributed by atoms with Gasteiger partial charge in [0, 0.05) is 17.1 Å². The Morgan fingerprint density at radius 1 is 1.47 bits per heavy atom. The highest BCUT2D eigenvalue weighted by molar-refractivity contribution is 6.30. The SMILES string of the molecule is CC(C)(NCC(O)COc1cccc(Cl)c1)C1CC1. The fraction of sp³-hybridized carbons (Fsp3) is 0.600. The second-order valence-electron chi connectivity index (χ2n) is 5.80. The van der Waals surface area contributed by atoms with Gasteiger partial charge in [-0.05, 0) is 50.8 Å². The number of hydrogen-bond acceptors (Lipinski definition) is 3. The molecule has 0 heterocycles. The van der Waals surface area contributed by atoms with E-state index in [2.05, 4.69) is 19.2 Å². The van der Waals surface area contributed by atoms with Crippen molar-refractivity contribution in [2.45, 2.75) is 38.3 Å². The van der Waals surface area contributed by atoms with Crippen LogP contribution in [0.2, 0.25) is 5.02 Å². The Morgan fingerprint density at radius 2 is 2.21 bits per heavy atom. The largest absolute Gasteiger partial charge is 0.491 e. The molecule has 0 aliphatic heterocycles. The maximum Gasteiger partial charge on any atom is 0.120 e. The first kappa shape index (κ1) is 14.6. The predicted molar refractivity (Wildman–Crippen MR) is 77.8 cm³/mol. The molecule has 2 rings (SSSR count). The van der Waals surface area contributed by atoms with Crippen LogP contribution >= 0.6 is 11.6 Å². The summed E-state index contributed by atoms with van der Waals surface area (Å²) in [6.07, 6.45) is 2.06. The van der Waals surface area contributed by atoms with E-state index in [0.29, 0.717) is 17.3 Å². The molecule has 2 N–H and O–H groups in total. The first-order valence-corrected chi connectivity index (χ1v) is 7.16. The highest BCUT2D eigenvalue weighted by Crippen LogP contribution is 2.39. The van der Waals surface area contributed by atoms with Crippen LogP contribution in [-0.2, 0) is 0 Å². The molecule has 0 bridgehead atoms. The standard InChI is InChI=1S/C15H22ClNO2/c1-15(2,11-6-7-11)17-9-13(18)10-19-14-5-3-4-12(16)8-14/h3-5,8,11,13,17-18H,6-7,9-10H2,1-2H3. The number of aliphatic hydroxyl groups excluding tert-OH is 1. The van der Waals surface area contributed by atoms with E-state index in [1.54, 1.807) is 12.1 Å². The molecular formula is C15H22ClNO2. The quantitative estimate of drug-likeness (QED) is 0.808. The Kier molecular flexibility index (Phi) is 4.71. The maximum absolute atomic E-state index is 9.92. The van der Waals surface area contributed by atoms with Crippen molar-refractivity contribution in [3.8, 4) is 5.75 Å². The molecule has 1 aliphatic rings. The summed E-state index contributed by atoms with van der Waals surface area (Å²) < 4.78 is 5.52. The molecule has 1 atom stereocenters. The van der Waals surface area contributed by atoms with Crippen molar-refractivity contribution in [2.75, 3.05) is 13.2 Å². The van der Waals surface area contributed by atoms with Gasteiger partial charge in [-0.15, -0.1) is 0 Å². The molecule has 19 heavy (non-hydrogen) atoms. The van der Waals surface area contributed by atoms with E-state index in [4.69, 9.17) is 16.3 Å². The van der Waals surface area contributed by atoms with Crippen molar-refractivity contribution in [2.24, 2.45) is 5.92 Å². The van der Waals surface area contributed by atoms with Gasteiger partial charge in [-0.3, -0.25) is 0 Å². The highest BCUT2D eigenvalue weighted by Gasteiger charge is 2.37. The summed E-state index contributed by atoms with van der Waals surface area (Å²) in [7, 11) is 0. The molecule has 1 fully saturated rings. The van der Waals surface area contributed by atoms with Crippen LogP contribution in [0.25, 0.3) is 0 Å². The molecule has 0 amide bonds. The number of β-amino-alcohol motifs (C(OH)–C–C–N with tert-alkyl or cyclic N) is 1. The third-order valence-electron chi connectivity index (χ3n) is 3.63. The number of benzene rings is 1. The number of halogens is 1. The molecule has 1 unspecified atom stereocenters. The minimum Gasteiger partial charge on any atom is -0.491 e. The van der Waals surface area contributed by atoms with Crippen molar-refractivity contribution in [1.29, 1.82) is 0 Å². The summed E-state index contributed by atoms with van der Waals surface area (Å²) in [6, 6.07) is 7.21. The van der Waals surface area contributed by atoms with Crippen LogP contribution in [0, 0.1) is 5.92 Å².